The molecule has 6 nitrogen and oxygen atoms in total. The van der Waals surface area contributed by atoms with Crippen molar-refractivity contribution in [3.8, 4) is 0 Å². The highest BCUT2D eigenvalue weighted by molar-refractivity contribution is 5.71. The van der Waals surface area contributed by atoms with Gasteiger partial charge >= 0.3 is 17.9 Å². The number of hydrogen-bond donors (Lipinski definition) is 0. The Morgan fingerprint density at radius 1 is 0.361 bits per heavy atom. The van der Waals surface area contributed by atoms with Gasteiger partial charge in [-0.2, -0.15) is 0 Å². The Morgan fingerprint density at radius 2 is 0.689 bits per heavy atom. The first-order chi connectivity index (χ1) is 30.0. The summed E-state index contributed by atoms with van der Waals surface area (Å²) in [4.78, 5) is 37.9. The lowest BCUT2D eigenvalue weighted by atomic mass is 10.1. The van der Waals surface area contributed by atoms with Crippen LogP contribution < -0.4 is 0 Å². The molecule has 6 heteroatoms. The molecule has 0 aromatic heterocycles. The van der Waals surface area contributed by atoms with Crippen LogP contribution in [0.15, 0.2) is 72.9 Å². The quantitative estimate of drug-likeness (QED) is 0.0200. The molecule has 0 aliphatic carbocycles. The second kappa shape index (κ2) is 49.5. The molecule has 1 atom stereocenters. The molecule has 350 valence electrons. The fraction of sp³-hybridized carbons (Fsp3) is 0.727. The van der Waals surface area contributed by atoms with E-state index >= 15 is 0 Å². The predicted molar refractivity (Wildman–Crippen MR) is 261 cm³/mol. The number of ether oxygens (including phenoxy) is 3. The Bertz CT molecular complexity index is 1160. The number of carbonyl (C=O) groups excluding carboxylic acids is 3. The topological polar surface area (TPSA) is 78.9 Å². The Balaban J connectivity index is 4.47. The Kier molecular flexibility index (Phi) is 46.9. The summed E-state index contributed by atoms with van der Waals surface area (Å²) in [5.74, 6) is -0.972. The fourth-order valence-electron chi connectivity index (χ4n) is 6.85. The van der Waals surface area contributed by atoms with Gasteiger partial charge in [0.2, 0.25) is 0 Å². The van der Waals surface area contributed by atoms with E-state index in [4.69, 9.17) is 14.2 Å². The van der Waals surface area contributed by atoms with E-state index in [1.807, 2.05) is 0 Å². The van der Waals surface area contributed by atoms with E-state index in [1.165, 1.54) is 109 Å². The van der Waals surface area contributed by atoms with Crippen LogP contribution in [0.2, 0.25) is 0 Å². The molecule has 0 rings (SSSR count). The second-order valence-corrected chi connectivity index (χ2v) is 16.7. The largest absolute Gasteiger partial charge is 0.462 e. The van der Waals surface area contributed by atoms with Crippen LogP contribution in [0, 0.1) is 0 Å². The van der Waals surface area contributed by atoms with Crippen LogP contribution in [0.1, 0.15) is 239 Å². The molecule has 0 radical (unpaired) electrons. The van der Waals surface area contributed by atoms with E-state index in [9.17, 15) is 14.4 Å². The molecule has 0 saturated heterocycles. The van der Waals surface area contributed by atoms with Gasteiger partial charge in [0.05, 0.1) is 0 Å². The summed E-state index contributed by atoms with van der Waals surface area (Å²) >= 11 is 0. The minimum atomic E-state index is -0.803. The standard InChI is InChI=1S/C55H94O6/c1-4-7-10-13-16-19-22-25-27-29-30-33-36-39-42-45-48-54(57)60-51-52(50-59-53(56)47-44-41-38-35-32-24-21-18-15-12-9-6-3)61-55(58)49-46-43-40-37-34-31-28-26-23-20-17-14-11-8-5-2/h9,12,18,20-21,23,27,29-30,32-33,35,52H,4-8,10-11,13-17,19,22,24-26,28,31,34,36-51H2,1-3H3/b12-9-,21-18-,23-20-,29-27-,33-30-,35-32-. The van der Waals surface area contributed by atoms with Gasteiger partial charge in [-0.15, -0.1) is 0 Å². The van der Waals surface area contributed by atoms with Gasteiger partial charge in [-0.25, -0.2) is 0 Å². The van der Waals surface area contributed by atoms with Crippen molar-refractivity contribution in [2.45, 2.75) is 245 Å². The van der Waals surface area contributed by atoms with Crippen LogP contribution in [-0.4, -0.2) is 37.2 Å². The number of hydrogen-bond acceptors (Lipinski definition) is 6. The van der Waals surface area contributed by atoms with E-state index in [0.717, 1.165) is 89.9 Å². The van der Waals surface area contributed by atoms with Crippen molar-refractivity contribution in [2.75, 3.05) is 13.2 Å². The van der Waals surface area contributed by atoms with Gasteiger partial charge in [0.1, 0.15) is 13.2 Å². The minimum absolute atomic E-state index is 0.103. The van der Waals surface area contributed by atoms with Gasteiger partial charge in [-0.3, -0.25) is 14.4 Å². The molecule has 0 amide bonds. The number of rotatable bonds is 45. The molecular weight excluding hydrogens is 757 g/mol. The maximum absolute atomic E-state index is 12.8. The molecule has 0 heterocycles. The molecule has 0 aliphatic heterocycles. The van der Waals surface area contributed by atoms with Crippen LogP contribution in [0.25, 0.3) is 0 Å². The maximum atomic E-state index is 12.8. The van der Waals surface area contributed by atoms with Crippen molar-refractivity contribution in [3.63, 3.8) is 0 Å². The van der Waals surface area contributed by atoms with Gasteiger partial charge in [0, 0.05) is 19.3 Å². The third kappa shape index (κ3) is 47.7. The molecule has 0 aromatic rings. The Hall–Kier alpha value is -3.15. The normalized spacial score (nSPS) is 12.6. The zero-order chi connectivity index (χ0) is 44.4. The second-order valence-electron chi connectivity index (χ2n) is 16.7. The van der Waals surface area contributed by atoms with Crippen molar-refractivity contribution < 1.29 is 28.6 Å². The van der Waals surface area contributed by atoms with Crippen molar-refractivity contribution in [1.82, 2.24) is 0 Å². The van der Waals surface area contributed by atoms with E-state index in [0.29, 0.717) is 19.3 Å². The monoisotopic (exact) mass is 851 g/mol. The highest BCUT2D eigenvalue weighted by Crippen LogP contribution is 2.13. The number of allylic oxidation sites excluding steroid dienone is 12. The highest BCUT2D eigenvalue weighted by Gasteiger charge is 2.19. The van der Waals surface area contributed by atoms with E-state index < -0.39 is 6.10 Å². The first-order valence-electron chi connectivity index (χ1n) is 25.5. The van der Waals surface area contributed by atoms with Crippen molar-refractivity contribution >= 4 is 17.9 Å². The lowest BCUT2D eigenvalue weighted by Crippen LogP contribution is -2.30. The molecule has 0 aliphatic rings. The van der Waals surface area contributed by atoms with Crippen LogP contribution in [0.4, 0.5) is 0 Å². The van der Waals surface area contributed by atoms with Crippen LogP contribution >= 0.6 is 0 Å². The van der Waals surface area contributed by atoms with Gasteiger partial charge in [-0.1, -0.05) is 190 Å². The van der Waals surface area contributed by atoms with Gasteiger partial charge in [-0.05, 0) is 103 Å². The molecule has 0 N–H and O–H groups in total. The van der Waals surface area contributed by atoms with Gasteiger partial charge in [0.25, 0.3) is 0 Å². The molecule has 61 heavy (non-hydrogen) atoms. The summed E-state index contributed by atoms with van der Waals surface area (Å²) in [6.45, 7) is 6.44. The molecule has 0 saturated carbocycles. The van der Waals surface area contributed by atoms with Crippen LogP contribution in [0.3, 0.4) is 0 Å². The SMILES string of the molecule is CC/C=C\C/C=C\C/C=C\CCCCC(=O)OCC(COC(=O)CCCCC/C=C\C=C/CCCCCCCCC)OC(=O)CCCCCCCCC/C=C\CCCCCC. The van der Waals surface area contributed by atoms with Crippen LogP contribution in [0.5, 0.6) is 0 Å². The third-order valence-electron chi connectivity index (χ3n) is 10.7. The summed E-state index contributed by atoms with van der Waals surface area (Å²) in [7, 11) is 0. The number of esters is 3. The Labute approximate surface area is 376 Å². The van der Waals surface area contributed by atoms with E-state index in [-0.39, 0.29) is 31.1 Å². The summed E-state index contributed by atoms with van der Waals surface area (Å²) in [5.41, 5.74) is 0. The molecule has 0 bridgehead atoms. The fourth-order valence-corrected chi connectivity index (χ4v) is 6.85. The minimum Gasteiger partial charge on any atom is -0.462 e. The Morgan fingerprint density at radius 3 is 1.18 bits per heavy atom. The average Bonchev–Trinajstić information content (AvgIpc) is 3.26. The van der Waals surface area contributed by atoms with Crippen molar-refractivity contribution in [3.05, 3.63) is 72.9 Å². The molecule has 0 aromatic carbocycles. The summed E-state index contributed by atoms with van der Waals surface area (Å²) < 4.78 is 16.7. The zero-order valence-electron chi connectivity index (χ0n) is 39.9. The summed E-state index contributed by atoms with van der Waals surface area (Å²) in [6.07, 6.45) is 61.7. The molecule has 0 fully saturated rings. The smallest absolute Gasteiger partial charge is 0.306 e. The van der Waals surface area contributed by atoms with Crippen LogP contribution in [-0.2, 0) is 28.6 Å². The lowest BCUT2D eigenvalue weighted by molar-refractivity contribution is -0.167. The summed E-state index contributed by atoms with van der Waals surface area (Å²) in [5, 5.41) is 0. The van der Waals surface area contributed by atoms with E-state index in [2.05, 4.69) is 93.7 Å². The molecular formula is C55H94O6. The molecule has 0 spiro atoms. The lowest BCUT2D eigenvalue weighted by Gasteiger charge is -2.18. The number of unbranched alkanes of at least 4 members (excludes halogenated alkanes) is 23. The highest BCUT2D eigenvalue weighted by atomic mass is 16.6. The predicted octanol–water partition coefficient (Wildman–Crippen LogP) is 16.6. The van der Waals surface area contributed by atoms with E-state index in [1.54, 1.807) is 0 Å². The molecule has 1 unspecified atom stereocenters. The van der Waals surface area contributed by atoms with Crippen molar-refractivity contribution in [1.29, 1.82) is 0 Å². The first-order valence-corrected chi connectivity index (χ1v) is 25.5. The maximum Gasteiger partial charge on any atom is 0.306 e. The third-order valence-corrected chi connectivity index (χ3v) is 10.7. The van der Waals surface area contributed by atoms with Gasteiger partial charge < -0.3 is 14.2 Å². The first kappa shape index (κ1) is 57.9. The average molecular weight is 851 g/mol. The van der Waals surface area contributed by atoms with Crippen molar-refractivity contribution in [2.24, 2.45) is 0 Å². The number of carbonyl (C=O) groups is 3. The summed E-state index contributed by atoms with van der Waals surface area (Å²) in [6, 6.07) is 0. The van der Waals surface area contributed by atoms with Gasteiger partial charge in [0.15, 0.2) is 6.10 Å². The zero-order valence-corrected chi connectivity index (χ0v) is 39.9.